The maximum absolute atomic E-state index is 13.6. The van der Waals surface area contributed by atoms with Crippen molar-refractivity contribution in [3.63, 3.8) is 0 Å². The highest BCUT2D eigenvalue weighted by molar-refractivity contribution is 5.91. The number of piperazine rings is 1. The maximum Gasteiger partial charge on any atom is 0.279 e. The Balaban J connectivity index is 1.40. The first kappa shape index (κ1) is 22.9. The zero-order valence-corrected chi connectivity index (χ0v) is 18.6. The van der Waals surface area contributed by atoms with Crippen LogP contribution in [0.5, 0.6) is 0 Å². The molecule has 1 unspecified atom stereocenters. The molecule has 166 valence electrons. The number of quaternary nitrogens is 2. The lowest BCUT2D eigenvalue weighted by atomic mass is 10.1. The van der Waals surface area contributed by atoms with Crippen molar-refractivity contribution in [2.24, 2.45) is 0 Å². The minimum absolute atomic E-state index is 0.0706. The summed E-state index contributed by atoms with van der Waals surface area (Å²) in [5, 5.41) is 2.70. The molecule has 2 amide bonds. The molecule has 1 fully saturated rings. The summed E-state index contributed by atoms with van der Waals surface area (Å²) in [5.41, 5.74) is 3.57. The Morgan fingerprint density at radius 3 is 2.52 bits per heavy atom. The number of amides is 2. The summed E-state index contributed by atoms with van der Waals surface area (Å²) in [6.45, 7) is 8.51. The predicted molar refractivity (Wildman–Crippen MR) is 119 cm³/mol. The number of anilines is 1. The highest BCUT2D eigenvalue weighted by Crippen LogP contribution is 2.13. The van der Waals surface area contributed by atoms with E-state index in [-0.39, 0.29) is 30.7 Å². The largest absolute Gasteiger partial charge is 0.328 e. The number of aryl methyl sites for hydroxylation is 2. The van der Waals surface area contributed by atoms with Crippen molar-refractivity contribution in [2.45, 2.75) is 20.4 Å². The summed E-state index contributed by atoms with van der Waals surface area (Å²) >= 11 is 0. The average molecular weight is 429 g/mol. The van der Waals surface area contributed by atoms with Crippen LogP contribution in [0, 0.1) is 19.7 Å². The minimum atomic E-state index is -0.350. The van der Waals surface area contributed by atoms with Gasteiger partial charge in [-0.2, -0.15) is 0 Å². The number of rotatable bonds is 7. The van der Waals surface area contributed by atoms with Crippen LogP contribution in [-0.4, -0.2) is 63.0 Å². The molecule has 3 N–H and O–H groups in total. The molecule has 0 bridgehead atoms. The van der Waals surface area contributed by atoms with Crippen molar-refractivity contribution in [1.29, 1.82) is 0 Å². The van der Waals surface area contributed by atoms with Crippen LogP contribution < -0.4 is 15.1 Å². The number of halogens is 1. The van der Waals surface area contributed by atoms with Gasteiger partial charge in [-0.3, -0.25) is 9.59 Å². The monoisotopic (exact) mass is 428 g/mol. The fourth-order valence-electron chi connectivity index (χ4n) is 3.94. The molecule has 1 aliphatic rings. The van der Waals surface area contributed by atoms with Gasteiger partial charge < -0.3 is 20.0 Å². The van der Waals surface area contributed by atoms with Crippen molar-refractivity contribution >= 4 is 17.5 Å². The van der Waals surface area contributed by atoms with Crippen LogP contribution in [0.2, 0.25) is 0 Å². The first-order valence-electron chi connectivity index (χ1n) is 10.8. The summed E-state index contributed by atoms with van der Waals surface area (Å²) in [4.78, 5) is 29.1. The summed E-state index contributed by atoms with van der Waals surface area (Å²) in [6.07, 6.45) is 0. The lowest BCUT2D eigenvalue weighted by molar-refractivity contribution is -0.917. The normalized spacial score (nSPS) is 15.5. The van der Waals surface area contributed by atoms with E-state index < -0.39 is 0 Å². The molecule has 1 saturated heterocycles. The van der Waals surface area contributed by atoms with E-state index in [1.807, 2.05) is 11.9 Å². The van der Waals surface area contributed by atoms with Gasteiger partial charge in [-0.25, -0.2) is 4.39 Å². The Hall–Kier alpha value is -2.77. The second-order valence-electron chi connectivity index (χ2n) is 8.62. The van der Waals surface area contributed by atoms with Crippen LogP contribution in [0.4, 0.5) is 10.1 Å². The van der Waals surface area contributed by atoms with Gasteiger partial charge in [-0.15, -0.1) is 0 Å². The number of carbonyl (C=O) groups excluding carboxylic acids is 2. The third kappa shape index (κ3) is 6.87. The molecule has 0 aromatic heterocycles. The Labute approximate surface area is 183 Å². The number of likely N-dealkylation sites (N-methyl/N-ethyl adjacent to an activating group) is 1. The lowest BCUT2D eigenvalue weighted by Gasteiger charge is -2.32. The first-order valence-corrected chi connectivity index (χ1v) is 10.8. The smallest absolute Gasteiger partial charge is 0.279 e. The summed E-state index contributed by atoms with van der Waals surface area (Å²) in [7, 11) is 1.83. The summed E-state index contributed by atoms with van der Waals surface area (Å²) in [5.74, 6) is -0.514. The number of nitrogens with one attached hydrogen (secondary N) is 3. The molecule has 6 nitrogen and oxygen atoms in total. The number of hydrogen-bond acceptors (Lipinski definition) is 2. The van der Waals surface area contributed by atoms with Crippen LogP contribution in [0.3, 0.4) is 0 Å². The van der Waals surface area contributed by atoms with E-state index >= 15 is 0 Å². The molecule has 0 aliphatic carbocycles. The topological polar surface area (TPSA) is 58.3 Å². The minimum Gasteiger partial charge on any atom is -0.328 e. The molecule has 0 spiro atoms. The zero-order chi connectivity index (χ0) is 22.4. The number of nitrogens with zero attached hydrogens (tertiary/aromatic N) is 1. The van der Waals surface area contributed by atoms with E-state index in [2.05, 4.69) is 36.5 Å². The van der Waals surface area contributed by atoms with Crippen molar-refractivity contribution in [3.8, 4) is 0 Å². The molecular formula is C24H33FN4O2+2. The molecule has 0 radical (unpaired) electrons. The van der Waals surface area contributed by atoms with E-state index in [4.69, 9.17) is 0 Å². The average Bonchev–Trinajstić information content (AvgIpc) is 2.71. The molecule has 3 rings (SSSR count). The predicted octanol–water partition coefficient (Wildman–Crippen LogP) is -0.177. The van der Waals surface area contributed by atoms with Crippen molar-refractivity contribution < 1.29 is 23.8 Å². The standard InChI is InChI=1S/C24H31FN4O2/c1-18-5-4-6-20(13-18)15-28-9-11-29(12-10-28)24(31)17-27(3)16-23(30)26-21-8-7-19(2)22(25)14-21/h4-8,13-14H,9-12,15-17H2,1-3H3,(H,26,30)/p+2. The Bertz CT molecular complexity index is 926. The van der Waals surface area contributed by atoms with Crippen molar-refractivity contribution in [2.75, 3.05) is 51.6 Å². The second-order valence-corrected chi connectivity index (χ2v) is 8.62. The molecule has 2 aromatic rings. The highest BCUT2D eigenvalue weighted by atomic mass is 19.1. The lowest BCUT2D eigenvalue weighted by Crippen LogP contribution is -3.14. The zero-order valence-electron chi connectivity index (χ0n) is 18.6. The third-order valence-electron chi connectivity index (χ3n) is 5.73. The Kier molecular flexibility index (Phi) is 7.76. The molecule has 0 saturated carbocycles. The van der Waals surface area contributed by atoms with Crippen LogP contribution in [0.25, 0.3) is 0 Å². The fraction of sp³-hybridized carbons (Fsp3) is 0.417. The molecule has 1 heterocycles. The molecule has 1 atom stereocenters. The van der Waals surface area contributed by atoms with Crippen LogP contribution >= 0.6 is 0 Å². The molecule has 2 aromatic carbocycles. The van der Waals surface area contributed by atoms with Crippen molar-refractivity contribution in [3.05, 3.63) is 65.0 Å². The van der Waals surface area contributed by atoms with Crippen LogP contribution in [0.1, 0.15) is 16.7 Å². The number of benzene rings is 2. The SMILES string of the molecule is Cc1cccc(C[NH+]2CCN(C(=O)C[NH+](C)CC(=O)Nc3ccc(C)c(F)c3)CC2)c1. The van der Waals surface area contributed by atoms with Gasteiger partial charge in [-0.1, -0.05) is 35.9 Å². The Morgan fingerprint density at radius 2 is 1.84 bits per heavy atom. The summed E-state index contributed by atoms with van der Waals surface area (Å²) < 4.78 is 13.6. The quantitative estimate of drug-likeness (QED) is 0.573. The van der Waals surface area contributed by atoms with E-state index in [9.17, 15) is 14.0 Å². The van der Waals surface area contributed by atoms with Gasteiger partial charge in [0, 0.05) is 11.3 Å². The maximum atomic E-state index is 13.6. The van der Waals surface area contributed by atoms with Crippen molar-refractivity contribution in [1.82, 2.24) is 4.90 Å². The van der Waals surface area contributed by atoms with Gasteiger partial charge >= 0.3 is 0 Å². The van der Waals surface area contributed by atoms with E-state index in [0.29, 0.717) is 11.3 Å². The highest BCUT2D eigenvalue weighted by Gasteiger charge is 2.26. The third-order valence-corrected chi connectivity index (χ3v) is 5.73. The van der Waals surface area contributed by atoms with Gasteiger partial charge in [0.1, 0.15) is 12.4 Å². The van der Waals surface area contributed by atoms with Gasteiger partial charge in [-0.05, 0) is 31.5 Å². The Morgan fingerprint density at radius 1 is 1.10 bits per heavy atom. The summed E-state index contributed by atoms with van der Waals surface area (Å²) in [6, 6.07) is 13.2. The van der Waals surface area contributed by atoms with Crippen LogP contribution in [-0.2, 0) is 16.1 Å². The van der Waals surface area contributed by atoms with E-state index in [1.54, 1.807) is 19.1 Å². The van der Waals surface area contributed by atoms with Gasteiger partial charge in [0.15, 0.2) is 13.1 Å². The fourth-order valence-corrected chi connectivity index (χ4v) is 3.94. The molecule has 1 aliphatic heterocycles. The van der Waals surface area contributed by atoms with E-state index in [1.165, 1.54) is 22.1 Å². The number of hydrogen-bond donors (Lipinski definition) is 3. The molecule has 31 heavy (non-hydrogen) atoms. The number of carbonyl (C=O) groups is 2. The molecule has 7 heteroatoms. The molecular weight excluding hydrogens is 395 g/mol. The first-order chi connectivity index (χ1) is 14.8. The van der Waals surface area contributed by atoms with E-state index in [0.717, 1.165) is 37.6 Å². The van der Waals surface area contributed by atoms with Crippen LogP contribution in [0.15, 0.2) is 42.5 Å². The van der Waals surface area contributed by atoms with Gasteiger partial charge in [0.05, 0.1) is 33.2 Å². The second kappa shape index (κ2) is 10.5. The van der Waals surface area contributed by atoms with Gasteiger partial charge in [0.25, 0.3) is 11.8 Å². The van der Waals surface area contributed by atoms with Gasteiger partial charge in [0.2, 0.25) is 0 Å².